The molecule has 94 valence electrons. The number of piperidine rings is 1. The molecule has 0 amide bonds. The molecule has 0 N–H and O–H groups in total. The van der Waals surface area contributed by atoms with Gasteiger partial charge in [0.25, 0.3) is 0 Å². The van der Waals surface area contributed by atoms with Crippen LogP contribution in [0.1, 0.15) is 53.4 Å². The molecule has 1 saturated heterocycles. The van der Waals surface area contributed by atoms with E-state index in [0.29, 0.717) is 6.04 Å². The van der Waals surface area contributed by atoms with Gasteiger partial charge < -0.3 is 4.79 Å². The number of hydrogen-bond donors (Lipinski definition) is 0. The van der Waals surface area contributed by atoms with E-state index in [4.69, 9.17) is 0 Å². The van der Waals surface area contributed by atoms with E-state index < -0.39 is 0 Å². The average Bonchev–Trinajstić information content (AvgIpc) is 2.29. The maximum Gasteiger partial charge on any atom is 0.127 e. The molecular weight excluding hydrogens is 198 g/mol. The zero-order valence-corrected chi connectivity index (χ0v) is 11.3. The third-order valence-electron chi connectivity index (χ3n) is 4.45. The number of rotatable bonds is 5. The standard InChI is InChI=1S/C14H27NO/c1-5-14(6-2,11-16)10-15-8-7-12(3)9-13(15)4/h11-13H,5-10H2,1-4H3. The molecule has 0 aromatic rings. The summed E-state index contributed by atoms with van der Waals surface area (Å²) in [6.45, 7) is 11.0. The first-order valence-corrected chi connectivity index (χ1v) is 6.77. The molecule has 16 heavy (non-hydrogen) atoms. The lowest BCUT2D eigenvalue weighted by Gasteiger charge is -2.41. The van der Waals surface area contributed by atoms with Gasteiger partial charge in [0.05, 0.1) is 0 Å². The fourth-order valence-corrected chi connectivity index (χ4v) is 2.77. The van der Waals surface area contributed by atoms with Crippen LogP contribution in [0.15, 0.2) is 0 Å². The molecule has 0 bridgehead atoms. The van der Waals surface area contributed by atoms with E-state index in [1.54, 1.807) is 0 Å². The van der Waals surface area contributed by atoms with Crippen LogP contribution in [0.4, 0.5) is 0 Å². The van der Waals surface area contributed by atoms with Crippen LogP contribution in [-0.4, -0.2) is 30.3 Å². The second-order valence-electron chi connectivity index (χ2n) is 5.64. The quantitative estimate of drug-likeness (QED) is 0.670. The third kappa shape index (κ3) is 3.07. The number of carbonyl (C=O) groups excluding carboxylic acids is 1. The van der Waals surface area contributed by atoms with Crippen LogP contribution < -0.4 is 0 Å². The SMILES string of the molecule is CCC(C=O)(CC)CN1CCC(C)CC1C. The van der Waals surface area contributed by atoms with Gasteiger partial charge in [0.15, 0.2) is 0 Å². The van der Waals surface area contributed by atoms with E-state index in [1.165, 1.54) is 19.1 Å². The van der Waals surface area contributed by atoms with Gasteiger partial charge >= 0.3 is 0 Å². The number of hydrogen-bond acceptors (Lipinski definition) is 2. The van der Waals surface area contributed by atoms with Crippen molar-refractivity contribution in [1.82, 2.24) is 4.90 Å². The van der Waals surface area contributed by atoms with Crippen molar-refractivity contribution in [2.24, 2.45) is 11.3 Å². The van der Waals surface area contributed by atoms with Crippen LogP contribution in [0, 0.1) is 11.3 Å². The normalized spacial score (nSPS) is 28.0. The van der Waals surface area contributed by atoms with Crippen LogP contribution in [0.5, 0.6) is 0 Å². The van der Waals surface area contributed by atoms with Gasteiger partial charge in [0.1, 0.15) is 6.29 Å². The first kappa shape index (κ1) is 13.7. The van der Waals surface area contributed by atoms with Gasteiger partial charge in [0, 0.05) is 18.0 Å². The Morgan fingerprint density at radius 2 is 1.94 bits per heavy atom. The minimum atomic E-state index is -0.102. The van der Waals surface area contributed by atoms with Crippen molar-refractivity contribution in [3.05, 3.63) is 0 Å². The minimum Gasteiger partial charge on any atom is -0.303 e. The Hall–Kier alpha value is -0.370. The Labute approximate surface area is 100 Å². The molecule has 1 rings (SSSR count). The van der Waals surface area contributed by atoms with Crippen LogP contribution in [0.2, 0.25) is 0 Å². The van der Waals surface area contributed by atoms with Crippen LogP contribution >= 0.6 is 0 Å². The fraction of sp³-hybridized carbons (Fsp3) is 0.929. The van der Waals surface area contributed by atoms with Gasteiger partial charge in [0.2, 0.25) is 0 Å². The molecule has 0 aromatic carbocycles. The molecule has 0 saturated carbocycles. The molecule has 0 aromatic heterocycles. The minimum absolute atomic E-state index is 0.102. The largest absolute Gasteiger partial charge is 0.303 e. The Bertz CT molecular complexity index is 223. The zero-order chi connectivity index (χ0) is 12.2. The average molecular weight is 225 g/mol. The lowest BCUT2D eigenvalue weighted by atomic mass is 9.82. The number of nitrogens with zero attached hydrogens (tertiary/aromatic N) is 1. The zero-order valence-electron chi connectivity index (χ0n) is 11.3. The Morgan fingerprint density at radius 3 is 2.38 bits per heavy atom. The Balaban J connectivity index is 2.61. The lowest BCUT2D eigenvalue weighted by molar-refractivity contribution is -0.118. The van der Waals surface area contributed by atoms with Gasteiger partial charge in [-0.3, -0.25) is 4.90 Å². The molecule has 2 nitrogen and oxygen atoms in total. The first-order valence-electron chi connectivity index (χ1n) is 6.77. The maximum absolute atomic E-state index is 11.3. The predicted molar refractivity (Wildman–Crippen MR) is 68.5 cm³/mol. The van der Waals surface area contributed by atoms with Gasteiger partial charge in [-0.1, -0.05) is 20.8 Å². The number of carbonyl (C=O) groups is 1. The lowest BCUT2D eigenvalue weighted by Crippen LogP contribution is -2.46. The Morgan fingerprint density at radius 1 is 1.31 bits per heavy atom. The van der Waals surface area contributed by atoms with E-state index in [9.17, 15) is 4.79 Å². The summed E-state index contributed by atoms with van der Waals surface area (Å²) in [5.74, 6) is 0.847. The highest BCUT2D eigenvalue weighted by atomic mass is 16.1. The molecule has 1 aliphatic heterocycles. The fourth-order valence-electron chi connectivity index (χ4n) is 2.77. The van der Waals surface area contributed by atoms with E-state index in [1.807, 2.05) is 0 Å². The van der Waals surface area contributed by atoms with E-state index >= 15 is 0 Å². The summed E-state index contributed by atoms with van der Waals surface area (Å²) in [5, 5.41) is 0. The molecule has 1 fully saturated rings. The maximum atomic E-state index is 11.3. The van der Waals surface area contributed by atoms with Crippen LogP contribution in [0.25, 0.3) is 0 Å². The summed E-state index contributed by atoms with van der Waals surface area (Å²) in [6.07, 6.45) is 5.68. The summed E-state index contributed by atoms with van der Waals surface area (Å²) >= 11 is 0. The molecule has 2 atom stereocenters. The van der Waals surface area contributed by atoms with Crippen LogP contribution in [0.3, 0.4) is 0 Å². The van der Waals surface area contributed by atoms with Gasteiger partial charge in [-0.25, -0.2) is 0 Å². The highest BCUT2D eigenvalue weighted by molar-refractivity contribution is 5.59. The highest BCUT2D eigenvalue weighted by Gasteiger charge is 2.32. The molecule has 1 aliphatic rings. The first-order chi connectivity index (χ1) is 7.56. The second kappa shape index (κ2) is 5.81. The summed E-state index contributed by atoms with van der Waals surface area (Å²) in [4.78, 5) is 13.8. The van der Waals surface area contributed by atoms with E-state index in [2.05, 4.69) is 32.6 Å². The molecular formula is C14H27NO. The number of aldehydes is 1. The molecule has 2 heteroatoms. The van der Waals surface area contributed by atoms with Crippen molar-refractivity contribution in [3.8, 4) is 0 Å². The van der Waals surface area contributed by atoms with Gasteiger partial charge in [-0.05, 0) is 45.1 Å². The second-order valence-corrected chi connectivity index (χ2v) is 5.64. The summed E-state index contributed by atoms with van der Waals surface area (Å²) < 4.78 is 0. The third-order valence-corrected chi connectivity index (χ3v) is 4.45. The highest BCUT2D eigenvalue weighted by Crippen LogP contribution is 2.29. The van der Waals surface area contributed by atoms with Crippen LogP contribution in [-0.2, 0) is 4.79 Å². The van der Waals surface area contributed by atoms with Gasteiger partial charge in [-0.15, -0.1) is 0 Å². The molecule has 0 radical (unpaired) electrons. The number of likely N-dealkylation sites (tertiary alicyclic amines) is 1. The van der Waals surface area contributed by atoms with Crippen molar-refractivity contribution in [1.29, 1.82) is 0 Å². The van der Waals surface area contributed by atoms with Crippen molar-refractivity contribution in [3.63, 3.8) is 0 Å². The topological polar surface area (TPSA) is 20.3 Å². The molecule has 2 unspecified atom stereocenters. The van der Waals surface area contributed by atoms with Crippen molar-refractivity contribution in [2.45, 2.75) is 59.4 Å². The van der Waals surface area contributed by atoms with Crippen molar-refractivity contribution < 1.29 is 4.79 Å². The molecule has 0 spiro atoms. The van der Waals surface area contributed by atoms with E-state index in [0.717, 1.165) is 31.8 Å². The summed E-state index contributed by atoms with van der Waals surface area (Å²) in [5.41, 5.74) is -0.102. The summed E-state index contributed by atoms with van der Waals surface area (Å²) in [7, 11) is 0. The molecule has 1 heterocycles. The van der Waals surface area contributed by atoms with E-state index in [-0.39, 0.29) is 5.41 Å². The molecule has 0 aliphatic carbocycles. The summed E-state index contributed by atoms with van der Waals surface area (Å²) in [6, 6.07) is 0.640. The monoisotopic (exact) mass is 225 g/mol. The van der Waals surface area contributed by atoms with Gasteiger partial charge in [-0.2, -0.15) is 0 Å². The van der Waals surface area contributed by atoms with Crippen molar-refractivity contribution in [2.75, 3.05) is 13.1 Å². The predicted octanol–water partition coefficient (Wildman–Crippen LogP) is 3.11. The van der Waals surface area contributed by atoms with Crippen molar-refractivity contribution >= 4 is 6.29 Å². The Kier molecular flexibility index (Phi) is 4.97. The smallest absolute Gasteiger partial charge is 0.127 e.